The number of carbonyl (C=O) groups excluding carboxylic acids is 3. The Morgan fingerprint density at radius 2 is 1.96 bits per heavy atom. The van der Waals surface area contributed by atoms with E-state index < -0.39 is 11.9 Å². The third-order valence-corrected chi connectivity index (χ3v) is 4.57. The van der Waals surface area contributed by atoms with Crippen LogP contribution >= 0.6 is 0 Å². The van der Waals surface area contributed by atoms with Crippen LogP contribution in [0.5, 0.6) is 0 Å². The Labute approximate surface area is 154 Å². The van der Waals surface area contributed by atoms with E-state index in [2.05, 4.69) is 5.32 Å². The standard InChI is InChI=1S/C19H27N3O4/c1-14(2)21(3)17(23)13-26-18(24)15-8-7-11-22(12-15)19(25)20-16-9-5-4-6-10-16/h4-6,9-10,14-15H,7-8,11-13H2,1-3H3,(H,20,25). The fraction of sp³-hybridized carbons (Fsp3) is 0.526. The molecule has 0 bridgehead atoms. The number of nitrogens with one attached hydrogen (secondary N) is 1. The van der Waals surface area contributed by atoms with Crippen LogP contribution in [0.1, 0.15) is 26.7 Å². The normalized spacial score (nSPS) is 16.9. The van der Waals surface area contributed by atoms with E-state index in [1.807, 2.05) is 44.2 Å². The summed E-state index contributed by atoms with van der Waals surface area (Å²) in [5.74, 6) is -1.06. The van der Waals surface area contributed by atoms with E-state index in [-0.39, 0.29) is 24.6 Å². The number of hydrogen-bond donors (Lipinski definition) is 1. The van der Waals surface area contributed by atoms with E-state index in [0.717, 1.165) is 6.42 Å². The summed E-state index contributed by atoms with van der Waals surface area (Å²) in [5, 5.41) is 2.82. The van der Waals surface area contributed by atoms with E-state index in [4.69, 9.17) is 4.74 Å². The number of likely N-dealkylation sites (N-methyl/N-ethyl adjacent to an activating group) is 1. The van der Waals surface area contributed by atoms with E-state index in [1.54, 1.807) is 11.9 Å². The summed E-state index contributed by atoms with van der Waals surface area (Å²) in [6.45, 7) is 4.41. The van der Waals surface area contributed by atoms with Gasteiger partial charge in [-0.3, -0.25) is 9.59 Å². The molecule has 142 valence electrons. The molecule has 1 aromatic carbocycles. The summed E-state index contributed by atoms with van der Waals surface area (Å²) in [5.41, 5.74) is 0.713. The van der Waals surface area contributed by atoms with Crippen LogP contribution < -0.4 is 5.32 Å². The summed E-state index contributed by atoms with van der Waals surface area (Å²) in [6, 6.07) is 9.00. The van der Waals surface area contributed by atoms with Crippen LogP contribution in [-0.4, -0.2) is 60.5 Å². The number of urea groups is 1. The van der Waals surface area contributed by atoms with Crippen LogP contribution in [0.3, 0.4) is 0 Å². The second-order valence-electron chi connectivity index (χ2n) is 6.79. The number of amides is 3. The molecule has 1 fully saturated rings. The fourth-order valence-corrected chi connectivity index (χ4v) is 2.72. The molecule has 0 spiro atoms. The molecule has 1 heterocycles. The second-order valence-corrected chi connectivity index (χ2v) is 6.79. The molecule has 7 heteroatoms. The molecule has 2 rings (SSSR count). The lowest BCUT2D eigenvalue weighted by Gasteiger charge is -2.31. The minimum Gasteiger partial charge on any atom is -0.455 e. The summed E-state index contributed by atoms with van der Waals surface area (Å²) >= 11 is 0. The molecular weight excluding hydrogens is 334 g/mol. The van der Waals surface area contributed by atoms with E-state index in [1.165, 1.54) is 4.90 Å². The van der Waals surface area contributed by atoms with Gasteiger partial charge in [-0.05, 0) is 38.8 Å². The number of carbonyl (C=O) groups is 3. The first-order valence-electron chi connectivity index (χ1n) is 8.91. The van der Waals surface area contributed by atoms with Crippen molar-refractivity contribution in [1.82, 2.24) is 9.80 Å². The average molecular weight is 361 g/mol. The van der Waals surface area contributed by atoms with Crippen LogP contribution in [0.25, 0.3) is 0 Å². The Morgan fingerprint density at radius 1 is 1.27 bits per heavy atom. The van der Waals surface area contributed by atoms with Crippen molar-refractivity contribution in [3.63, 3.8) is 0 Å². The van der Waals surface area contributed by atoms with Gasteiger partial charge >= 0.3 is 12.0 Å². The van der Waals surface area contributed by atoms with E-state index >= 15 is 0 Å². The third-order valence-electron chi connectivity index (χ3n) is 4.57. The largest absolute Gasteiger partial charge is 0.455 e. The summed E-state index contributed by atoms with van der Waals surface area (Å²) in [7, 11) is 1.68. The van der Waals surface area contributed by atoms with Gasteiger partial charge in [-0.15, -0.1) is 0 Å². The van der Waals surface area contributed by atoms with Gasteiger partial charge in [-0.2, -0.15) is 0 Å². The molecule has 1 aliphatic rings. The summed E-state index contributed by atoms with van der Waals surface area (Å²) in [4.78, 5) is 39.7. The van der Waals surface area contributed by atoms with Gasteiger partial charge < -0.3 is 19.9 Å². The molecule has 1 unspecified atom stereocenters. The van der Waals surface area contributed by atoms with Gasteiger partial charge in [0, 0.05) is 31.9 Å². The Kier molecular flexibility index (Phi) is 7.00. The fourth-order valence-electron chi connectivity index (χ4n) is 2.72. The second kappa shape index (κ2) is 9.22. The van der Waals surface area contributed by atoms with Crippen LogP contribution in [-0.2, 0) is 14.3 Å². The first kappa shape index (κ1) is 19.8. The maximum atomic E-state index is 12.4. The SMILES string of the molecule is CC(C)N(C)C(=O)COC(=O)C1CCCN(C(=O)Nc2ccccc2)C1. The zero-order valence-corrected chi connectivity index (χ0v) is 15.6. The molecule has 1 aliphatic heterocycles. The molecule has 0 radical (unpaired) electrons. The quantitative estimate of drug-likeness (QED) is 0.817. The summed E-state index contributed by atoms with van der Waals surface area (Å²) < 4.78 is 5.17. The minimum atomic E-state index is -0.423. The van der Waals surface area contributed by atoms with Crippen molar-refractivity contribution in [2.24, 2.45) is 5.92 Å². The van der Waals surface area contributed by atoms with Crippen molar-refractivity contribution in [1.29, 1.82) is 0 Å². The van der Waals surface area contributed by atoms with Crippen molar-refractivity contribution in [2.75, 3.05) is 32.1 Å². The lowest BCUT2D eigenvalue weighted by Crippen LogP contribution is -2.45. The zero-order chi connectivity index (χ0) is 19.1. The van der Waals surface area contributed by atoms with E-state index in [0.29, 0.717) is 25.2 Å². The third kappa shape index (κ3) is 5.47. The molecule has 1 N–H and O–H groups in total. The van der Waals surface area contributed by atoms with Gasteiger partial charge in [0.05, 0.1) is 5.92 Å². The van der Waals surface area contributed by atoms with Crippen LogP contribution in [0.2, 0.25) is 0 Å². The highest BCUT2D eigenvalue weighted by molar-refractivity contribution is 5.90. The highest BCUT2D eigenvalue weighted by Gasteiger charge is 2.30. The van der Waals surface area contributed by atoms with E-state index in [9.17, 15) is 14.4 Å². The number of hydrogen-bond acceptors (Lipinski definition) is 4. The number of nitrogens with zero attached hydrogens (tertiary/aromatic N) is 2. The highest BCUT2D eigenvalue weighted by Crippen LogP contribution is 2.19. The Morgan fingerprint density at radius 3 is 2.62 bits per heavy atom. The van der Waals surface area contributed by atoms with Gasteiger partial charge in [0.25, 0.3) is 5.91 Å². The predicted molar refractivity (Wildman–Crippen MR) is 98.6 cm³/mol. The first-order valence-corrected chi connectivity index (χ1v) is 8.91. The number of esters is 1. The molecule has 0 saturated carbocycles. The topological polar surface area (TPSA) is 79.0 Å². The Hall–Kier alpha value is -2.57. The maximum Gasteiger partial charge on any atom is 0.321 e. The molecule has 3 amide bonds. The predicted octanol–water partition coefficient (Wildman–Crippen LogP) is 2.34. The minimum absolute atomic E-state index is 0.0491. The first-order chi connectivity index (χ1) is 12.4. The zero-order valence-electron chi connectivity index (χ0n) is 15.6. The van der Waals surface area contributed by atoms with Gasteiger partial charge in [0.15, 0.2) is 6.61 Å². The van der Waals surface area contributed by atoms with Crippen molar-refractivity contribution in [3.8, 4) is 0 Å². The molecular formula is C19H27N3O4. The monoisotopic (exact) mass is 361 g/mol. The molecule has 0 aliphatic carbocycles. The number of anilines is 1. The number of para-hydroxylation sites is 1. The van der Waals surface area contributed by atoms with Crippen molar-refractivity contribution in [2.45, 2.75) is 32.7 Å². The van der Waals surface area contributed by atoms with Crippen LogP contribution in [0.15, 0.2) is 30.3 Å². The number of likely N-dealkylation sites (tertiary alicyclic amines) is 1. The Bertz CT molecular complexity index is 633. The van der Waals surface area contributed by atoms with Crippen molar-refractivity contribution >= 4 is 23.6 Å². The molecule has 1 atom stereocenters. The Balaban J connectivity index is 1.84. The number of piperidine rings is 1. The molecule has 7 nitrogen and oxygen atoms in total. The maximum absolute atomic E-state index is 12.4. The molecule has 26 heavy (non-hydrogen) atoms. The molecule has 0 aromatic heterocycles. The van der Waals surface area contributed by atoms with Gasteiger partial charge in [0.1, 0.15) is 0 Å². The lowest BCUT2D eigenvalue weighted by atomic mass is 9.98. The van der Waals surface area contributed by atoms with Crippen LogP contribution in [0, 0.1) is 5.92 Å². The lowest BCUT2D eigenvalue weighted by molar-refractivity contribution is -0.156. The van der Waals surface area contributed by atoms with Crippen molar-refractivity contribution < 1.29 is 19.1 Å². The number of ether oxygens (including phenoxy) is 1. The number of benzene rings is 1. The molecule has 1 saturated heterocycles. The van der Waals surface area contributed by atoms with Crippen LogP contribution in [0.4, 0.5) is 10.5 Å². The summed E-state index contributed by atoms with van der Waals surface area (Å²) in [6.07, 6.45) is 1.38. The smallest absolute Gasteiger partial charge is 0.321 e. The number of rotatable bonds is 5. The average Bonchev–Trinajstić information content (AvgIpc) is 2.66. The van der Waals surface area contributed by atoms with Crippen molar-refractivity contribution in [3.05, 3.63) is 30.3 Å². The highest BCUT2D eigenvalue weighted by atomic mass is 16.5. The van der Waals surface area contributed by atoms with Gasteiger partial charge in [0.2, 0.25) is 0 Å². The van der Waals surface area contributed by atoms with Gasteiger partial charge in [-0.25, -0.2) is 4.79 Å². The van der Waals surface area contributed by atoms with Gasteiger partial charge in [-0.1, -0.05) is 18.2 Å². The molecule has 1 aromatic rings.